The highest BCUT2D eigenvalue weighted by Gasteiger charge is 2.47. The SMILES string of the molecule is C=C=C(c1ccccc1)[C@@H]1C(C(C#N)(C#N)CC#CCOC(C)=O)=C[C@H]2CCC1N2. The van der Waals surface area contributed by atoms with E-state index in [9.17, 15) is 15.3 Å². The number of benzene rings is 1. The van der Waals surface area contributed by atoms with Crippen LogP contribution in [0.2, 0.25) is 0 Å². The molecule has 0 saturated carbocycles. The van der Waals surface area contributed by atoms with Gasteiger partial charge >= 0.3 is 5.97 Å². The predicted molar refractivity (Wildman–Crippen MR) is 113 cm³/mol. The Morgan fingerprint density at radius 1 is 1.23 bits per heavy atom. The summed E-state index contributed by atoms with van der Waals surface area (Å²) in [6.45, 7) is 5.16. The fourth-order valence-corrected chi connectivity index (χ4v) is 4.22. The quantitative estimate of drug-likeness (QED) is 0.356. The Balaban J connectivity index is 2.00. The largest absolute Gasteiger partial charge is 0.453 e. The highest BCUT2D eigenvalue weighted by atomic mass is 16.5. The molecule has 1 aromatic rings. The summed E-state index contributed by atoms with van der Waals surface area (Å²) in [6, 6.07) is 14.5. The van der Waals surface area contributed by atoms with Crippen molar-refractivity contribution in [3.8, 4) is 24.0 Å². The van der Waals surface area contributed by atoms with E-state index in [4.69, 9.17) is 4.74 Å². The summed E-state index contributed by atoms with van der Waals surface area (Å²) < 4.78 is 4.82. The van der Waals surface area contributed by atoms with Crippen molar-refractivity contribution in [1.82, 2.24) is 5.32 Å². The summed E-state index contributed by atoms with van der Waals surface area (Å²) in [5.41, 5.74) is 4.30. The summed E-state index contributed by atoms with van der Waals surface area (Å²) in [5.74, 6) is 4.99. The maximum Gasteiger partial charge on any atom is 0.303 e. The van der Waals surface area contributed by atoms with Crippen LogP contribution in [-0.2, 0) is 9.53 Å². The van der Waals surface area contributed by atoms with Crippen LogP contribution in [0.25, 0.3) is 5.57 Å². The summed E-state index contributed by atoms with van der Waals surface area (Å²) in [6.07, 6.45) is 3.96. The lowest BCUT2D eigenvalue weighted by molar-refractivity contribution is -0.139. The van der Waals surface area contributed by atoms with E-state index < -0.39 is 11.4 Å². The number of hydrogen-bond donors (Lipinski definition) is 1. The second-order valence-corrected chi connectivity index (χ2v) is 7.45. The number of nitrogens with one attached hydrogen (secondary N) is 1. The number of carbonyl (C=O) groups is 1. The maximum atomic E-state index is 10.9. The molecule has 2 aliphatic heterocycles. The monoisotopic (exact) mass is 397 g/mol. The minimum atomic E-state index is -1.40. The number of nitriles is 2. The first-order chi connectivity index (χ1) is 14.5. The van der Waals surface area contributed by atoms with Crippen LogP contribution in [0.15, 0.2) is 54.3 Å². The Morgan fingerprint density at radius 2 is 1.97 bits per heavy atom. The van der Waals surface area contributed by atoms with Crippen LogP contribution < -0.4 is 5.32 Å². The van der Waals surface area contributed by atoms with E-state index in [2.05, 4.69) is 41.6 Å². The Bertz CT molecular complexity index is 1030. The van der Waals surface area contributed by atoms with Crippen molar-refractivity contribution >= 4 is 11.5 Å². The van der Waals surface area contributed by atoms with Gasteiger partial charge in [-0.3, -0.25) is 4.79 Å². The van der Waals surface area contributed by atoms with E-state index in [0.717, 1.165) is 29.6 Å². The van der Waals surface area contributed by atoms with Crippen molar-refractivity contribution in [3.05, 3.63) is 59.9 Å². The minimum Gasteiger partial charge on any atom is -0.453 e. The molecule has 3 rings (SSSR count). The van der Waals surface area contributed by atoms with Gasteiger partial charge < -0.3 is 10.1 Å². The van der Waals surface area contributed by atoms with Crippen molar-refractivity contribution in [2.45, 2.75) is 38.3 Å². The lowest BCUT2D eigenvalue weighted by Crippen LogP contribution is -2.44. The molecule has 0 spiro atoms. The van der Waals surface area contributed by atoms with Crippen LogP contribution in [0, 0.1) is 45.8 Å². The molecule has 1 fully saturated rings. The Hall–Kier alpha value is -3.55. The molecule has 1 aromatic carbocycles. The molecule has 3 atom stereocenters. The molecular weight excluding hydrogens is 374 g/mol. The fraction of sp³-hybridized carbons (Fsp3) is 0.360. The molecule has 2 aliphatic rings. The van der Waals surface area contributed by atoms with Gasteiger partial charge in [-0.05, 0) is 24.0 Å². The molecule has 1 saturated heterocycles. The number of fused-ring (bicyclic) bond motifs is 2. The molecule has 5 heteroatoms. The number of hydrogen-bond acceptors (Lipinski definition) is 5. The van der Waals surface area contributed by atoms with Gasteiger partial charge in [0.1, 0.15) is 0 Å². The second kappa shape index (κ2) is 9.30. The van der Waals surface area contributed by atoms with Crippen LogP contribution in [-0.4, -0.2) is 24.7 Å². The minimum absolute atomic E-state index is 0.0439. The van der Waals surface area contributed by atoms with E-state index >= 15 is 0 Å². The van der Waals surface area contributed by atoms with Gasteiger partial charge in [0.05, 0.1) is 12.1 Å². The molecule has 0 amide bonds. The van der Waals surface area contributed by atoms with Gasteiger partial charge in [-0.15, -0.1) is 5.73 Å². The van der Waals surface area contributed by atoms with E-state index in [-0.39, 0.29) is 31.0 Å². The molecule has 0 aromatic heterocycles. The van der Waals surface area contributed by atoms with Crippen LogP contribution in [0.4, 0.5) is 0 Å². The van der Waals surface area contributed by atoms with Gasteiger partial charge in [0.2, 0.25) is 0 Å². The highest BCUT2D eigenvalue weighted by Crippen LogP contribution is 2.47. The second-order valence-electron chi connectivity index (χ2n) is 7.45. The Kier molecular flexibility index (Phi) is 6.56. The zero-order chi connectivity index (χ0) is 21.6. The third-order valence-corrected chi connectivity index (χ3v) is 5.62. The van der Waals surface area contributed by atoms with Crippen LogP contribution in [0.3, 0.4) is 0 Å². The molecule has 150 valence electrons. The van der Waals surface area contributed by atoms with Crippen LogP contribution in [0.5, 0.6) is 0 Å². The van der Waals surface area contributed by atoms with Gasteiger partial charge in [-0.1, -0.05) is 54.8 Å². The zero-order valence-electron chi connectivity index (χ0n) is 16.9. The summed E-state index contributed by atoms with van der Waals surface area (Å²) >= 11 is 0. The molecule has 2 heterocycles. The summed E-state index contributed by atoms with van der Waals surface area (Å²) in [5, 5.41) is 23.7. The average molecular weight is 397 g/mol. The van der Waals surface area contributed by atoms with E-state index in [1.165, 1.54) is 6.92 Å². The smallest absolute Gasteiger partial charge is 0.303 e. The molecule has 1 N–H and O–H groups in total. The summed E-state index contributed by atoms with van der Waals surface area (Å²) in [4.78, 5) is 10.9. The molecule has 0 aliphatic carbocycles. The van der Waals surface area contributed by atoms with Gasteiger partial charge in [0.25, 0.3) is 0 Å². The normalized spacial score (nSPS) is 21.7. The lowest BCUT2D eigenvalue weighted by atomic mass is 9.67. The first-order valence-corrected chi connectivity index (χ1v) is 9.90. The molecule has 0 radical (unpaired) electrons. The number of nitrogens with zero attached hydrogens (tertiary/aromatic N) is 2. The van der Waals surface area contributed by atoms with Crippen molar-refractivity contribution in [1.29, 1.82) is 10.5 Å². The number of esters is 1. The van der Waals surface area contributed by atoms with E-state index in [1.54, 1.807) is 0 Å². The first-order valence-electron chi connectivity index (χ1n) is 9.90. The predicted octanol–water partition coefficient (Wildman–Crippen LogP) is 3.52. The third kappa shape index (κ3) is 4.22. The Morgan fingerprint density at radius 3 is 2.60 bits per heavy atom. The van der Waals surface area contributed by atoms with Crippen LogP contribution >= 0.6 is 0 Å². The van der Waals surface area contributed by atoms with Crippen molar-refractivity contribution in [2.24, 2.45) is 11.3 Å². The highest BCUT2D eigenvalue weighted by molar-refractivity contribution is 5.72. The maximum absolute atomic E-state index is 10.9. The molecule has 30 heavy (non-hydrogen) atoms. The van der Waals surface area contributed by atoms with Crippen molar-refractivity contribution < 1.29 is 9.53 Å². The summed E-state index contributed by atoms with van der Waals surface area (Å²) in [7, 11) is 0. The standard InChI is InChI=1S/C25H23N3O2/c1-3-21(19-9-5-4-6-10-19)24-22(15-20-11-12-23(24)28-20)25(16-26,17-27)13-7-8-14-30-18(2)29/h4-6,9-10,15,20,23-24,28H,1,11-14H2,2H3/t20-,23?,24-/m1/s1. The number of carbonyl (C=O) groups excluding carboxylic acids is 1. The molecule has 5 nitrogen and oxygen atoms in total. The van der Waals surface area contributed by atoms with Crippen molar-refractivity contribution in [3.63, 3.8) is 0 Å². The average Bonchev–Trinajstić information content (AvgIpc) is 3.15. The Labute approximate surface area is 177 Å². The first kappa shape index (κ1) is 21.2. The lowest BCUT2D eigenvalue weighted by Gasteiger charge is -2.37. The van der Waals surface area contributed by atoms with E-state index in [1.807, 2.05) is 36.4 Å². The van der Waals surface area contributed by atoms with Crippen molar-refractivity contribution in [2.75, 3.05) is 6.61 Å². The van der Waals surface area contributed by atoms with E-state index in [0.29, 0.717) is 0 Å². The number of ether oxygens (including phenoxy) is 1. The number of rotatable bonds is 5. The van der Waals surface area contributed by atoms with Gasteiger partial charge in [-0.2, -0.15) is 10.5 Å². The van der Waals surface area contributed by atoms with Crippen LogP contribution in [0.1, 0.15) is 31.7 Å². The third-order valence-electron chi connectivity index (χ3n) is 5.62. The fourth-order valence-electron chi connectivity index (χ4n) is 4.22. The molecular formula is C25H23N3O2. The molecule has 2 bridgehead atoms. The van der Waals surface area contributed by atoms with Gasteiger partial charge in [0.15, 0.2) is 12.0 Å². The molecule has 1 unspecified atom stereocenters. The van der Waals surface area contributed by atoms with Gasteiger partial charge in [-0.25, -0.2) is 0 Å². The van der Waals surface area contributed by atoms with Gasteiger partial charge in [0, 0.05) is 36.9 Å². The topological polar surface area (TPSA) is 85.9 Å². The zero-order valence-corrected chi connectivity index (χ0v) is 16.9.